The van der Waals surface area contributed by atoms with E-state index in [2.05, 4.69) is 10.2 Å². The van der Waals surface area contributed by atoms with Crippen LogP contribution in [0.4, 0.5) is 0 Å². The maximum Gasteiger partial charge on any atom is 0.340 e. The van der Waals surface area contributed by atoms with Gasteiger partial charge in [-0.1, -0.05) is 60.7 Å². The van der Waals surface area contributed by atoms with Gasteiger partial charge in [-0.05, 0) is 0 Å². The van der Waals surface area contributed by atoms with Gasteiger partial charge in [-0.3, -0.25) is 5.10 Å². The summed E-state index contributed by atoms with van der Waals surface area (Å²) in [6, 6.07) is 18.6. The molecule has 0 bridgehead atoms. The number of aromatic amines is 1. The van der Waals surface area contributed by atoms with Gasteiger partial charge in [-0.25, -0.2) is 4.79 Å². The van der Waals surface area contributed by atoms with Gasteiger partial charge in [-0.15, -0.1) is 0 Å². The van der Waals surface area contributed by atoms with E-state index in [9.17, 15) is 9.90 Å². The lowest BCUT2D eigenvalue weighted by Gasteiger charge is -2.01. The zero-order valence-electron chi connectivity index (χ0n) is 10.6. The number of hydrogen-bond acceptors (Lipinski definition) is 2. The number of nitrogens with one attached hydrogen (secondary N) is 1. The molecule has 0 aliphatic carbocycles. The maximum atomic E-state index is 11.6. The van der Waals surface area contributed by atoms with Gasteiger partial charge in [0.25, 0.3) is 0 Å². The van der Waals surface area contributed by atoms with Gasteiger partial charge in [0, 0.05) is 11.1 Å². The van der Waals surface area contributed by atoms with Crippen molar-refractivity contribution < 1.29 is 9.90 Å². The van der Waals surface area contributed by atoms with Crippen LogP contribution in [0, 0.1) is 0 Å². The van der Waals surface area contributed by atoms with Crippen molar-refractivity contribution in [3.63, 3.8) is 0 Å². The summed E-state index contributed by atoms with van der Waals surface area (Å²) in [7, 11) is 0. The van der Waals surface area contributed by atoms with Crippen molar-refractivity contribution in [2.75, 3.05) is 0 Å². The summed E-state index contributed by atoms with van der Waals surface area (Å²) < 4.78 is 0. The van der Waals surface area contributed by atoms with Gasteiger partial charge in [0.2, 0.25) is 0 Å². The first-order chi connectivity index (χ1) is 9.77. The van der Waals surface area contributed by atoms with Crippen molar-refractivity contribution in [3.05, 3.63) is 66.2 Å². The molecule has 3 rings (SSSR count). The molecule has 0 aliphatic rings. The molecule has 1 aromatic heterocycles. The lowest BCUT2D eigenvalue weighted by atomic mass is 10.0. The molecular formula is C16H12N2O2. The van der Waals surface area contributed by atoms with Crippen LogP contribution in [-0.4, -0.2) is 21.3 Å². The van der Waals surface area contributed by atoms with Crippen LogP contribution in [0.1, 0.15) is 10.4 Å². The summed E-state index contributed by atoms with van der Waals surface area (Å²) in [6.45, 7) is 0. The number of carboxylic acid groups (broad SMARTS) is 1. The van der Waals surface area contributed by atoms with Crippen LogP contribution in [0.5, 0.6) is 0 Å². The molecule has 0 radical (unpaired) electrons. The topological polar surface area (TPSA) is 66.0 Å². The predicted octanol–water partition coefficient (Wildman–Crippen LogP) is 3.44. The highest BCUT2D eigenvalue weighted by molar-refractivity contribution is 6.01. The number of hydrogen-bond donors (Lipinski definition) is 2. The van der Waals surface area contributed by atoms with Gasteiger partial charge in [0.05, 0.1) is 5.69 Å². The molecule has 2 aromatic carbocycles. The Kier molecular flexibility index (Phi) is 3.05. The molecular weight excluding hydrogens is 252 g/mol. The molecule has 3 aromatic rings. The molecule has 4 heteroatoms. The number of carbonyl (C=O) groups is 1. The van der Waals surface area contributed by atoms with Crippen molar-refractivity contribution in [2.45, 2.75) is 0 Å². The molecule has 0 saturated heterocycles. The Bertz CT molecular complexity index is 677. The number of carboxylic acids is 1. The van der Waals surface area contributed by atoms with Crippen molar-refractivity contribution in [1.29, 1.82) is 0 Å². The zero-order valence-corrected chi connectivity index (χ0v) is 10.6. The van der Waals surface area contributed by atoms with E-state index in [1.54, 1.807) is 0 Å². The normalized spacial score (nSPS) is 10.4. The van der Waals surface area contributed by atoms with Gasteiger partial charge in [-0.2, -0.15) is 5.10 Å². The molecule has 0 amide bonds. The predicted molar refractivity (Wildman–Crippen MR) is 76.4 cm³/mol. The van der Waals surface area contributed by atoms with Crippen molar-refractivity contribution in [2.24, 2.45) is 0 Å². The van der Waals surface area contributed by atoms with Gasteiger partial charge in [0.1, 0.15) is 11.3 Å². The number of rotatable bonds is 3. The Morgan fingerprint density at radius 2 is 1.45 bits per heavy atom. The molecule has 0 fully saturated rings. The van der Waals surface area contributed by atoms with Gasteiger partial charge < -0.3 is 5.11 Å². The number of H-pyrrole nitrogens is 1. The third-order valence-electron chi connectivity index (χ3n) is 3.09. The second kappa shape index (κ2) is 5.01. The molecule has 0 aliphatic heterocycles. The van der Waals surface area contributed by atoms with E-state index in [4.69, 9.17) is 0 Å². The first-order valence-electron chi connectivity index (χ1n) is 6.20. The van der Waals surface area contributed by atoms with E-state index < -0.39 is 5.97 Å². The summed E-state index contributed by atoms with van der Waals surface area (Å²) in [5.41, 5.74) is 2.76. The minimum Gasteiger partial charge on any atom is -0.478 e. The fourth-order valence-electron chi connectivity index (χ4n) is 2.17. The third-order valence-corrected chi connectivity index (χ3v) is 3.09. The summed E-state index contributed by atoms with van der Waals surface area (Å²) in [5, 5.41) is 16.5. The van der Waals surface area contributed by atoms with E-state index in [1.165, 1.54) is 0 Å². The van der Waals surface area contributed by atoms with Crippen molar-refractivity contribution in [1.82, 2.24) is 10.2 Å². The van der Waals surface area contributed by atoms with Crippen LogP contribution in [0.25, 0.3) is 22.5 Å². The quantitative estimate of drug-likeness (QED) is 0.761. The standard InChI is InChI=1S/C16H12N2O2/c19-16(20)13-14(11-7-3-1-4-8-11)17-18-15(13)12-9-5-2-6-10-12/h1-10H,(H,17,18)(H,19,20). The van der Waals surface area contributed by atoms with Crippen molar-refractivity contribution >= 4 is 5.97 Å². The lowest BCUT2D eigenvalue weighted by Crippen LogP contribution is -1.99. The number of nitrogens with zero attached hydrogens (tertiary/aromatic N) is 1. The van der Waals surface area contributed by atoms with Gasteiger partial charge >= 0.3 is 5.97 Å². The van der Waals surface area contributed by atoms with E-state index >= 15 is 0 Å². The monoisotopic (exact) mass is 264 g/mol. The van der Waals surface area contributed by atoms with Crippen LogP contribution in [-0.2, 0) is 0 Å². The Morgan fingerprint density at radius 1 is 0.900 bits per heavy atom. The molecule has 20 heavy (non-hydrogen) atoms. The minimum atomic E-state index is -0.989. The molecule has 0 atom stereocenters. The fraction of sp³-hybridized carbons (Fsp3) is 0. The number of benzene rings is 2. The van der Waals surface area contributed by atoms with Crippen LogP contribution < -0.4 is 0 Å². The second-order valence-corrected chi connectivity index (χ2v) is 4.36. The molecule has 0 spiro atoms. The lowest BCUT2D eigenvalue weighted by molar-refractivity contribution is 0.0698. The number of aromatic carboxylic acids is 1. The molecule has 1 heterocycles. The van der Waals surface area contributed by atoms with E-state index in [0.717, 1.165) is 11.1 Å². The highest BCUT2D eigenvalue weighted by Gasteiger charge is 2.21. The smallest absolute Gasteiger partial charge is 0.340 e. The van der Waals surface area contributed by atoms with Gasteiger partial charge in [0.15, 0.2) is 0 Å². The highest BCUT2D eigenvalue weighted by atomic mass is 16.4. The van der Waals surface area contributed by atoms with Crippen LogP contribution in [0.3, 0.4) is 0 Å². The first kappa shape index (κ1) is 12.2. The average Bonchev–Trinajstić information content (AvgIpc) is 2.94. The molecule has 0 saturated carbocycles. The SMILES string of the molecule is O=C(O)c1c(-c2ccccc2)n[nH]c1-c1ccccc1. The van der Waals surface area contributed by atoms with Crippen LogP contribution >= 0.6 is 0 Å². The largest absolute Gasteiger partial charge is 0.478 e. The Hall–Kier alpha value is -2.88. The van der Waals surface area contributed by atoms with Crippen LogP contribution in [0.2, 0.25) is 0 Å². The molecule has 4 nitrogen and oxygen atoms in total. The fourth-order valence-corrected chi connectivity index (χ4v) is 2.17. The first-order valence-corrected chi connectivity index (χ1v) is 6.20. The average molecular weight is 264 g/mol. The summed E-state index contributed by atoms with van der Waals surface area (Å²) >= 11 is 0. The zero-order chi connectivity index (χ0) is 13.9. The van der Waals surface area contributed by atoms with E-state index in [0.29, 0.717) is 11.4 Å². The summed E-state index contributed by atoms with van der Waals surface area (Å²) in [5.74, 6) is -0.989. The van der Waals surface area contributed by atoms with Crippen molar-refractivity contribution in [3.8, 4) is 22.5 Å². The maximum absolute atomic E-state index is 11.6. The molecule has 0 unspecified atom stereocenters. The highest BCUT2D eigenvalue weighted by Crippen LogP contribution is 2.29. The summed E-state index contributed by atoms with van der Waals surface area (Å²) in [4.78, 5) is 11.6. The molecule has 2 N–H and O–H groups in total. The van der Waals surface area contributed by atoms with E-state index in [1.807, 2.05) is 60.7 Å². The Labute approximate surface area is 115 Å². The van der Waals surface area contributed by atoms with Crippen LogP contribution in [0.15, 0.2) is 60.7 Å². The third kappa shape index (κ3) is 2.07. The Balaban J connectivity index is 2.20. The number of aromatic nitrogens is 2. The summed E-state index contributed by atoms with van der Waals surface area (Å²) in [6.07, 6.45) is 0. The molecule has 98 valence electrons. The second-order valence-electron chi connectivity index (χ2n) is 4.36. The van der Waals surface area contributed by atoms with E-state index in [-0.39, 0.29) is 5.56 Å². The Morgan fingerprint density at radius 3 is 2.00 bits per heavy atom. The minimum absolute atomic E-state index is 0.197.